The minimum absolute atomic E-state index is 0.360. The SMILES string of the molecule is CC(CNN)P(c1ccccc1)c1ccccc1. The average Bonchev–Trinajstić information content (AvgIpc) is 2.42. The molecule has 2 aromatic rings. The predicted octanol–water partition coefficient (Wildman–Crippen LogP) is 1.97. The smallest absolute Gasteiger partial charge is 0.0168 e. The van der Waals surface area contributed by atoms with Crippen LogP contribution in [0.5, 0.6) is 0 Å². The molecule has 0 fully saturated rings. The fourth-order valence-electron chi connectivity index (χ4n) is 2.10. The lowest BCUT2D eigenvalue weighted by Crippen LogP contribution is -2.33. The van der Waals surface area contributed by atoms with E-state index < -0.39 is 0 Å². The van der Waals surface area contributed by atoms with Gasteiger partial charge in [0.25, 0.3) is 0 Å². The van der Waals surface area contributed by atoms with Crippen LogP contribution in [-0.2, 0) is 0 Å². The average molecular weight is 258 g/mol. The molecule has 0 heterocycles. The van der Waals surface area contributed by atoms with Gasteiger partial charge in [-0.1, -0.05) is 67.6 Å². The Bertz CT molecular complexity index is 419. The molecule has 0 bridgehead atoms. The first-order chi connectivity index (χ1) is 8.83. The van der Waals surface area contributed by atoms with Crippen LogP contribution >= 0.6 is 7.92 Å². The molecule has 3 heteroatoms. The number of nitrogens with one attached hydrogen (secondary N) is 1. The summed E-state index contributed by atoms with van der Waals surface area (Å²) in [6.45, 7) is 3.08. The molecule has 2 nitrogen and oxygen atoms in total. The van der Waals surface area contributed by atoms with Gasteiger partial charge in [0, 0.05) is 6.54 Å². The minimum Gasteiger partial charge on any atom is -0.271 e. The summed E-state index contributed by atoms with van der Waals surface area (Å²) in [5, 5.41) is 2.81. The van der Waals surface area contributed by atoms with E-state index in [-0.39, 0.29) is 7.92 Å². The largest absolute Gasteiger partial charge is 0.271 e. The number of rotatable bonds is 5. The third-order valence-electron chi connectivity index (χ3n) is 2.92. The summed E-state index contributed by atoms with van der Waals surface area (Å²) in [6.07, 6.45) is 0. The molecule has 18 heavy (non-hydrogen) atoms. The second-order valence-corrected chi connectivity index (χ2v) is 6.95. The van der Waals surface area contributed by atoms with E-state index in [1.807, 2.05) is 0 Å². The van der Waals surface area contributed by atoms with Gasteiger partial charge in [0.15, 0.2) is 0 Å². The number of benzene rings is 2. The first kappa shape index (κ1) is 13.2. The highest BCUT2D eigenvalue weighted by molar-refractivity contribution is 7.73. The maximum atomic E-state index is 5.48. The van der Waals surface area contributed by atoms with Gasteiger partial charge in [-0.15, -0.1) is 0 Å². The molecule has 1 unspecified atom stereocenters. The van der Waals surface area contributed by atoms with Gasteiger partial charge >= 0.3 is 0 Å². The van der Waals surface area contributed by atoms with Gasteiger partial charge in [-0.2, -0.15) is 0 Å². The van der Waals surface area contributed by atoms with Crippen molar-refractivity contribution in [1.29, 1.82) is 0 Å². The van der Waals surface area contributed by atoms with Gasteiger partial charge in [0.1, 0.15) is 0 Å². The quantitative estimate of drug-likeness (QED) is 0.489. The first-order valence-corrected chi connectivity index (χ1v) is 7.57. The molecule has 2 rings (SSSR count). The summed E-state index contributed by atoms with van der Waals surface area (Å²) >= 11 is 0. The highest BCUT2D eigenvalue weighted by Crippen LogP contribution is 2.38. The van der Waals surface area contributed by atoms with Gasteiger partial charge in [-0.3, -0.25) is 11.3 Å². The van der Waals surface area contributed by atoms with E-state index in [2.05, 4.69) is 73.0 Å². The minimum atomic E-state index is -0.360. The van der Waals surface area contributed by atoms with Crippen molar-refractivity contribution in [2.45, 2.75) is 12.6 Å². The predicted molar refractivity (Wildman–Crippen MR) is 80.7 cm³/mol. The van der Waals surface area contributed by atoms with E-state index in [1.165, 1.54) is 10.6 Å². The summed E-state index contributed by atoms with van der Waals surface area (Å²) in [6, 6.07) is 21.4. The van der Waals surface area contributed by atoms with Crippen molar-refractivity contribution in [1.82, 2.24) is 5.43 Å². The maximum Gasteiger partial charge on any atom is 0.0168 e. The van der Waals surface area contributed by atoms with Gasteiger partial charge in [0.2, 0.25) is 0 Å². The third-order valence-corrected chi connectivity index (χ3v) is 5.70. The Balaban J connectivity index is 2.35. The zero-order chi connectivity index (χ0) is 12.8. The number of hydrogen-bond donors (Lipinski definition) is 2. The van der Waals surface area contributed by atoms with Crippen molar-refractivity contribution in [3.8, 4) is 0 Å². The lowest BCUT2D eigenvalue weighted by molar-refractivity contribution is 0.721. The van der Waals surface area contributed by atoms with Crippen molar-refractivity contribution in [3.63, 3.8) is 0 Å². The van der Waals surface area contributed by atoms with Gasteiger partial charge in [-0.05, 0) is 24.2 Å². The van der Waals surface area contributed by atoms with Crippen molar-refractivity contribution in [2.24, 2.45) is 5.84 Å². The molecular weight excluding hydrogens is 239 g/mol. The number of hydrazine groups is 1. The summed E-state index contributed by atoms with van der Waals surface area (Å²) in [5.41, 5.74) is 3.31. The Kier molecular flexibility index (Phi) is 4.89. The van der Waals surface area contributed by atoms with Gasteiger partial charge in [0.05, 0.1) is 0 Å². The van der Waals surface area contributed by atoms with E-state index in [4.69, 9.17) is 5.84 Å². The summed E-state index contributed by atoms with van der Waals surface area (Å²) in [5.74, 6) is 5.48. The molecule has 0 aliphatic rings. The van der Waals surface area contributed by atoms with E-state index >= 15 is 0 Å². The fourth-order valence-corrected chi connectivity index (χ4v) is 4.69. The second kappa shape index (κ2) is 6.65. The first-order valence-electron chi connectivity index (χ1n) is 6.15. The van der Waals surface area contributed by atoms with Crippen LogP contribution in [-0.4, -0.2) is 12.2 Å². The molecule has 0 aliphatic carbocycles. The molecule has 0 radical (unpaired) electrons. The zero-order valence-electron chi connectivity index (χ0n) is 10.6. The third kappa shape index (κ3) is 3.17. The van der Waals surface area contributed by atoms with Crippen LogP contribution in [0.25, 0.3) is 0 Å². The maximum absolute atomic E-state index is 5.48. The lowest BCUT2D eigenvalue weighted by Gasteiger charge is -2.25. The number of nitrogens with two attached hydrogens (primary N) is 1. The summed E-state index contributed by atoms with van der Waals surface area (Å²) in [7, 11) is -0.360. The standard InChI is InChI=1S/C15H19N2P/c1-13(12-17-16)18(14-8-4-2-5-9-14)15-10-6-3-7-11-15/h2-11,13,17H,12,16H2,1H3. The Labute approximate surface area is 110 Å². The molecular formula is C15H19N2P. The molecule has 1 atom stereocenters. The Morgan fingerprint density at radius 2 is 1.39 bits per heavy atom. The molecule has 94 valence electrons. The molecule has 2 aromatic carbocycles. The van der Waals surface area contributed by atoms with Gasteiger partial charge in [-0.25, -0.2) is 0 Å². The Hall–Kier alpha value is -1.21. The van der Waals surface area contributed by atoms with Crippen LogP contribution < -0.4 is 21.9 Å². The highest BCUT2D eigenvalue weighted by Gasteiger charge is 2.19. The van der Waals surface area contributed by atoms with Crippen molar-refractivity contribution < 1.29 is 0 Å². The Morgan fingerprint density at radius 1 is 0.944 bits per heavy atom. The molecule has 3 N–H and O–H groups in total. The Morgan fingerprint density at radius 3 is 1.78 bits per heavy atom. The van der Waals surface area contributed by atoms with Crippen LogP contribution in [0.4, 0.5) is 0 Å². The molecule has 0 aromatic heterocycles. The molecule has 0 saturated heterocycles. The fraction of sp³-hybridized carbons (Fsp3) is 0.200. The normalized spacial score (nSPS) is 12.6. The van der Waals surface area contributed by atoms with Crippen LogP contribution in [0.3, 0.4) is 0 Å². The van der Waals surface area contributed by atoms with Crippen LogP contribution in [0, 0.1) is 0 Å². The van der Waals surface area contributed by atoms with E-state index in [1.54, 1.807) is 0 Å². The summed E-state index contributed by atoms with van der Waals surface area (Å²) in [4.78, 5) is 0. The molecule has 0 saturated carbocycles. The number of hydrogen-bond acceptors (Lipinski definition) is 2. The molecule has 0 spiro atoms. The van der Waals surface area contributed by atoms with Crippen molar-refractivity contribution in [2.75, 3.05) is 6.54 Å². The van der Waals surface area contributed by atoms with Crippen molar-refractivity contribution >= 4 is 18.5 Å². The lowest BCUT2D eigenvalue weighted by atomic mass is 10.4. The molecule has 0 aliphatic heterocycles. The second-order valence-electron chi connectivity index (χ2n) is 4.30. The van der Waals surface area contributed by atoms with Crippen LogP contribution in [0.2, 0.25) is 0 Å². The topological polar surface area (TPSA) is 38.0 Å². The monoisotopic (exact) mass is 258 g/mol. The van der Waals surface area contributed by atoms with Crippen LogP contribution in [0.15, 0.2) is 60.7 Å². The zero-order valence-corrected chi connectivity index (χ0v) is 11.5. The van der Waals surface area contributed by atoms with Gasteiger partial charge < -0.3 is 0 Å². The molecule has 0 amide bonds. The van der Waals surface area contributed by atoms with Crippen LogP contribution in [0.1, 0.15) is 6.92 Å². The van der Waals surface area contributed by atoms with Crippen molar-refractivity contribution in [3.05, 3.63) is 60.7 Å². The highest BCUT2D eigenvalue weighted by atomic mass is 31.1. The summed E-state index contributed by atoms with van der Waals surface area (Å²) < 4.78 is 0. The van der Waals surface area contributed by atoms with E-state index in [9.17, 15) is 0 Å². The van der Waals surface area contributed by atoms with E-state index in [0.29, 0.717) is 5.66 Å². The van der Waals surface area contributed by atoms with E-state index in [0.717, 1.165) is 6.54 Å².